The van der Waals surface area contributed by atoms with E-state index in [1.165, 1.54) is 35.2 Å². The fourth-order valence-electron chi connectivity index (χ4n) is 10.6. The van der Waals surface area contributed by atoms with Crippen molar-refractivity contribution < 1.29 is 100 Å². The number of carbonyl (C=O) groups excluding carboxylic acids is 9. The number of likely N-dealkylation sites (N-methyl/N-ethyl adjacent to an activating group) is 1. The topological polar surface area (TPSA) is 482 Å². The van der Waals surface area contributed by atoms with Crippen LogP contribution in [0.15, 0.2) is 42.5 Å². The highest BCUT2D eigenvalue weighted by atomic mass is 16.4. The molecule has 3 saturated heterocycles. The van der Waals surface area contributed by atoms with Crippen molar-refractivity contribution in [2.24, 2.45) is 0 Å². The summed E-state index contributed by atoms with van der Waals surface area (Å²) in [4.78, 5) is 142. The van der Waals surface area contributed by atoms with Crippen molar-refractivity contribution in [1.82, 2.24) is 51.9 Å². The number of phenolic OH excluding ortho intramolecular Hbond substituents is 3. The number of aliphatic carboxylic acids is 1. The monoisotopic (exact) mass is 1210 g/mol. The molecule has 2 aromatic carbocycles. The Balaban J connectivity index is 1.35. The Hall–Kier alpha value is -7.74. The number of nitrogens with zero attached hydrogens (tertiary/aromatic N) is 3. The van der Waals surface area contributed by atoms with E-state index in [-0.39, 0.29) is 56.5 Å². The number of nitrogens with one attached hydrogen (secondary N) is 7. The van der Waals surface area contributed by atoms with Crippen LogP contribution in [0.2, 0.25) is 0 Å². The summed E-state index contributed by atoms with van der Waals surface area (Å²) in [5.74, 6) is -10.6. The number of hydrogen-bond acceptors (Lipinski definition) is 18. The minimum absolute atomic E-state index is 0.00617. The summed E-state index contributed by atoms with van der Waals surface area (Å²) in [5.41, 5.74) is 8.13. The van der Waals surface area contributed by atoms with Gasteiger partial charge in [0.15, 0.2) is 11.5 Å². The number of aliphatic hydroxyl groups is 4. The van der Waals surface area contributed by atoms with Gasteiger partial charge in [-0.15, -0.1) is 0 Å². The van der Waals surface area contributed by atoms with Gasteiger partial charge in [0.25, 0.3) is 0 Å². The molecule has 0 radical (unpaired) electrons. The van der Waals surface area contributed by atoms with E-state index in [1.807, 2.05) is 0 Å². The van der Waals surface area contributed by atoms with Crippen molar-refractivity contribution in [2.45, 2.75) is 170 Å². The van der Waals surface area contributed by atoms with Gasteiger partial charge in [0.2, 0.25) is 53.2 Å². The summed E-state index contributed by atoms with van der Waals surface area (Å²) in [6.45, 7) is 2.20. The summed E-state index contributed by atoms with van der Waals surface area (Å²) >= 11 is 0. The summed E-state index contributed by atoms with van der Waals surface area (Å²) in [5, 5.41) is 102. The van der Waals surface area contributed by atoms with Gasteiger partial charge in [-0.05, 0) is 114 Å². The summed E-state index contributed by atoms with van der Waals surface area (Å²) < 4.78 is 0. The molecule has 0 spiro atoms. The molecule has 3 heterocycles. The number of carboxylic acid groups (broad SMARTS) is 1. The van der Waals surface area contributed by atoms with Gasteiger partial charge in [0, 0.05) is 38.9 Å². The van der Waals surface area contributed by atoms with E-state index in [2.05, 4.69) is 48.7 Å². The van der Waals surface area contributed by atoms with Crippen LogP contribution in [0.4, 0.5) is 0 Å². The predicted octanol–water partition coefficient (Wildman–Crippen LogP) is -6.70. The van der Waals surface area contributed by atoms with Crippen molar-refractivity contribution in [3.8, 4) is 17.2 Å². The molecule has 86 heavy (non-hydrogen) atoms. The molecule has 30 nitrogen and oxygen atoms in total. The molecule has 476 valence electrons. The number of aliphatic hydroxyl groups excluding tert-OH is 4. The molecule has 21 N–H and O–H groups in total. The average Bonchev–Trinajstić information content (AvgIpc) is 1.92. The first-order valence-electron chi connectivity index (χ1n) is 29.0. The largest absolute Gasteiger partial charge is 0.508 e. The third-order valence-corrected chi connectivity index (χ3v) is 15.6. The molecular formula is C56H86N12O18+2. The molecule has 13 atom stereocenters. The zero-order valence-electron chi connectivity index (χ0n) is 48.7. The van der Waals surface area contributed by atoms with Crippen LogP contribution < -0.4 is 48.7 Å². The number of carboxylic acids is 1. The quantitative estimate of drug-likeness (QED) is 0.0246. The standard InChI is InChI=1S/C56H84N12O18/c1-29(59-3)47(76)60-35(9-4-6-19-57)53(82)66-21-8-11-40(66)50(79)64-39(28-69)49(78)63-38(23-31-12-15-33(71)16-13-31)54(83)67-22-18-43(74)46(67)55(84)68-27-34(72)26-41(68)51(80)65-45(30(2)70)52(81)62-37(24-32-14-17-42(73)44(75)25-32)48(77)61-36(56(85)86)10-5-7-20-58/h12-17,25,29-30,34-41,43,45-46,59,69-75H,4-11,18-24,26-28,57-58H2,1-3H3,(H,60,76)(H,61,77)(H,62,81)(H,63,78)(H,64,79)(H,65,80)(H,85,86)/p+2. The lowest BCUT2D eigenvalue weighted by Crippen LogP contribution is -2.62. The van der Waals surface area contributed by atoms with Gasteiger partial charge >= 0.3 is 5.97 Å². The molecule has 0 aromatic heterocycles. The van der Waals surface area contributed by atoms with E-state index in [4.69, 9.17) is 0 Å². The number of benzene rings is 2. The van der Waals surface area contributed by atoms with Crippen LogP contribution in [0.5, 0.6) is 17.2 Å². The van der Waals surface area contributed by atoms with Crippen molar-refractivity contribution >= 4 is 59.1 Å². The van der Waals surface area contributed by atoms with E-state index in [9.17, 15) is 88.8 Å². The van der Waals surface area contributed by atoms with E-state index in [0.29, 0.717) is 50.8 Å². The fourth-order valence-corrected chi connectivity index (χ4v) is 10.6. The zero-order valence-corrected chi connectivity index (χ0v) is 48.7. The number of carbonyl (C=O) groups is 10. The lowest BCUT2D eigenvalue weighted by molar-refractivity contribution is -0.368. The molecule has 30 heteroatoms. The first kappa shape index (κ1) is 69.0. The van der Waals surface area contributed by atoms with Gasteiger partial charge in [-0.2, -0.15) is 0 Å². The second kappa shape index (κ2) is 32.7. The molecule has 3 fully saturated rings. The Bertz CT molecular complexity index is 2700. The highest BCUT2D eigenvalue weighted by Crippen LogP contribution is 2.29. The molecule has 3 aliphatic rings. The number of unbranched alkanes of at least 4 members (excludes halogenated alkanes) is 2. The van der Waals surface area contributed by atoms with Crippen LogP contribution in [0, 0.1) is 0 Å². The molecule has 2 aromatic rings. The number of aromatic hydroxyl groups is 3. The van der Waals surface area contributed by atoms with Crippen molar-refractivity contribution in [3.63, 3.8) is 0 Å². The average molecular weight is 1220 g/mol. The normalized spacial score (nSPS) is 21.2. The van der Waals surface area contributed by atoms with Crippen LogP contribution >= 0.6 is 0 Å². The number of rotatable bonds is 31. The number of phenols is 3. The maximum Gasteiger partial charge on any atom is 0.326 e. The van der Waals surface area contributed by atoms with Crippen LogP contribution in [0.1, 0.15) is 89.2 Å². The fraction of sp³-hybridized carbons (Fsp3) is 0.607. The van der Waals surface area contributed by atoms with E-state index < -0.39 is 175 Å². The van der Waals surface area contributed by atoms with Gasteiger partial charge < -0.3 is 104 Å². The SMILES string of the molecule is CNC(C)C(=O)NC(CCCC[NH3+])C(=O)N1CCCC1C(=O)NC(CO)C(=O)NC(Cc1ccc(O)cc1)C(=O)N1CCC(O)C1C(=O)N1CC(O)CC1C(=O)NC(C(=O)NC(Cc1ccc(O)c(O)c1)C(=O)NC(CCCC[NH3+])C(=O)O)C(C)O. The summed E-state index contributed by atoms with van der Waals surface area (Å²) in [6, 6.07) is -5.21. The third kappa shape index (κ3) is 18.6. The van der Waals surface area contributed by atoms with E-state index in [0.717, 1.165) is 28.9 Å². The summed E-state index contributed by atoms with van der Waals surface area (Å²) in [7, 11) is 1.59. The molecule has 0 aliphatic carbocycles. The number of β-amino-alcohol motifs (C(OH)–C–C–N with tert-alkyl or cyclic N) is 1. The number of hydrogen-bond donors (Lipinski definition) is 17. The first-order chi connectivity index (χ1) is 40.8. The molecule has 0 bridgehead atoms. The summed E-state index contributed by atoms with van der Waals surface area (Å²) in [6.07, 6.45) is -2.99. The van der Waals surface area contributed by atoms with Gasteiger partial charge in [0.05, 0.1) is 44.1 Å². The number of amides is 9. The number of quaternary nitrogens is 2. The minimum atomic E-state index is -1.88. The minimum Gasteiger partial charge on any atom is -0.508 e. The van der Waals surface area contributed by atoms with E-state index in [1.54, 1.807) is 14.0 Å². The van der Waals surface area contributed by atoms with Gasteiger partial charge in [-0.25, -0.2) is 4.79 Å². The molecule has 0 saturated carbocycles. The Morgan fingerprint density at radius 3 is 1.79 bits per heavy atom. The molecule has 3 aliphatic heterocycles. The van der Waals surface area contributed by atoms with Gasteiger partial charge in [0.1, 0.15) is 60.1 Å². The third-order valence-electron chi connectivity index (χ3n) is 15.6. The second-order valence-electron chi connectivity index (χ2n) is 22.1. The molecule has 9 amide bonds. The lowest BCUT2D eigenvalue weighted by atomic mass is 10.0. The highest BCUT2D eigenvalue weighted by molar-refractivity contribution is 5.99. The highest BCUT2D eigenvalue weighted by Gasteiger charge is 2.50. The van der Waals surface area contributed by atoms with Crippen molar-refractivity contribution in [1.29, 1.82) is 0 Å². The Morgan fingerprint density at radius 2 is 1.19 bits per heavy atom. The maximum absolute atomic E-state index is 14.9. The van der Waals surface area contributed by atoms with Crippen LogP contribution in [-0.4, -0.2) is 240 Å². The van der Waals surface area contributed by atoms with Crippen LogP contribution in [0.25, 0.3) is 0 Å². The predicted molar refractivity (Wildman–Crippen MR) is 302 cm³/mol. The van der Waals surface area contributed by atoms with Gasteiger partial charge in [-0.3, -0.25) is 43.2 Å². The maximum atomic E-state index is 14.9. The molecule has 5 rings (SSSR count). The van der Waals surface area contributed by atoms with Crippen LogP contribution in [-0.2, 0) is 60.8 Å². The van der Waals surface area contributed by atoms with Crippen LogP contribution in [0.3, 0.4) is 0 Å². The van der Waals surface area contributed by atoms with Gasteiger partial charge in [-0.1, -0.05) is 18.2 Å². The molecular weight excluding hydrogens is 1130 g/mol. The van der Waals surface area contributed by atoms with E-state index >= 15 is 0 Å². The second-order valence-corrected chi connectivity index (χ2v) is 22.1. The molecule has 13 unspecified atom stereocenters. The van der Waals surface area contributed by atoms with Crippen molar-refractivity contribution in [3.05, 3.63) is 53.6 Å². The Kier molecular flexibility index (Phi) is 26.2. The Labute approximate surface area is 496 Å². The lowest BCUT2D eigenvalue weighted by Gasteiger charge is -2.34. The number of likely N-dealkylation sites (tertiary alicyclic amines) is 3. The van der Waals surface area contributed by atoms with Crippen molar-refractivity contribution in [2.75, 3.05) is 46.4 Å². The Morgan fingerprint density at radius 1 is 0.616 bits per heavy atom. The smallest absolute Gasteiger partial charge is 0.326 e. The zero-order chi connectivity index (χ0) is 63.5. The first-order valence-corrected chi connectivity index (χ1v) is 29.0.